The molecule has 1 heterocycles. The number of aryl methyl sites for hydroxylation is 1. The highest BCUT2D eigenvalue weighted by Crippen LogP contribution is 2.42. The number of aliphatic hydroxyl groups excluding tert-OH is 1. The Balaban J connectivity index is 1.90. The second kappa shape index (κ2) is 10.7. The molecule has 1 amide bonds. The third-order valence-corrected chi connectivity index (χ3v) is 6.74. The molecule has 0 aliphatic carbocycles. The van der Waals surface area contributed by atoms with E-state index < -0.39 is 28.4 Å². The third-order valence-electron chi connectivity index (χ3n) is 6.74. The quantitative estimate of drug-likeness (QED) is 0.142. The van der Waals surface area contributed by atoms with Gasteiger partial charge in [-0.25, -0.2) is 0 Å². The van der Waals surface area contributed by atoms with Crippen LogP contribution in [0.1, 0.15) is 43.5 Å². The van der Waals surface area contributed by atoms with E-state index in [1.807, 2.05) is 43.3 Å². The summed E-state index contributed by atoms with van der Waals surface area (Å²) in [6.45, 7) is 7.80. The lowest BCUT2D eigenvalue weighted by Gasteiger charge is -2.27. The van der Waals surface area contributed by atoms with Crippen LogP contribution in [0.3, 0.4) is 0 Å². The number of ketones is 1. The Labute approximate surface area is 215 Å². The predicted octanol–water partition coefficient (Wildman–Crippen LogP) is 5.63. The Kier molecular flexibility index (Phi) is 7.38. The summed E-state index contributed by atoms with van der Waals surface area (Å²) in [5.74, 6) is -2.07. The number of carbonyl (C=O) groups excluding carboxylic acids is 2. The van der Waals surface area contributed by atoms with Gasteiger partial charge < -0.3 is 10.0 Å². The Hall–Kier alpha value is -4.46. The van der Waals surface area contributed by atoms with Crippen molar-refractivity contribution in [2.75, 3.05) is 22.9 Å². The molecule has 0 radical (unpaired) electrons. The lowest BCUT2D eigenvalue weighted by Crippen LogP contribution is -2.29. The van der Waals surface area contributed by atoms with E-state index in [9.17, 15) is 24.8 Å². The molecule has 1 aliphatic rings. The summed E-state index contributed by atoms with van der Waals surface area (Å²) in [7, 11) is 0. The van der Waals surface area contributed by atoms with Crippen LogP contribution in [0.25, 0.3) is 5.76 Å². The summed E-state index contributed by atoms with van der Waals surface area (Å²) in [6, 6.07) is 19.4. The molecule has 0 bridgehead atoms. The molecule has 8 nitrogen and oxygen atoms in total. The van der Waals surface area contributed by atoms with Gasteiger partial charge in [-0.05, 0) is 55.7 Å². The van der Waals surface area contributed by atoms with Crippen molar-refractivity contribution in [3.05, 3.63) is 105 Å². The number of aliphatic hydroxyl groups is 1. The molecule has 0 spiro atoms. The predicted molar refractivity (Wildman–Crippen MR) is 144 cm³/mol. The minimum absolute atomic E-state index is 0.0956. The highest BCUT2D eigenvalue weighted by Gasteiger charge is 2.47. The van der Waals surface area contributed by atoms with Gasteiger partial charge in [0.1, 0.15) is 5.76 Å². The molecule has 3 aromatic carbocycles. The van der Waals surface area contributed by atoms with Gasteiger partial charge in [-0.1, -0.05) is 43.3 Å². The lowest BCUT2D eigenvalue weighted by atomic mass is 9.94. The zero-order valence-corrected chi connectivity index (χ0v) is 21.0. The van der Waals surface area contributed by atoms with Crippen LogP contribution in [0.5, 0.6) is 0 Å². The summed E-state index contributed by atoms with van der Waals surface area (Å²) in [6.07, 6.45) is 0.822. The van der Waals surface area contributed by atoms with Gasteiger partial charge in [0.25, 0.3) is 17.4 Å². The van der Waals surface area contributed by atoms with Crippen LogP contribution in [0, 0.1) is 10.1 Å². The summed E-state index contributed by atoms with van der Waals surface area (Å²) in [5, 5.41) is 22.6. The lowest BCUT2D eigenvalue weighted by molar-refractivity contribution is -0.384. The fourth-order valence-corrected chi connectivity index (χ4v) is 4.68. The molecular formula is C29H29N3O5. The van der Waals surface area contributed by atoms with Crippen LogP contribution >= 0.6 is 0 Å². The number of non-ortho nitro benzene ring substituents is 1. The summed E-state index contributed by atoms with van der Waals surface area (Å²) < 4.78 is 0. The van der Waals surface area contributed by atoms with Crippen molar-refractivity contribution in [2.24, 2.45) is 0 Å². The van der Waals surface area contributed by atoms with Gasteiger partial charge in [0.15, 0.2) is 0 Å². The van der Waals surface area contributed by atoms with Crippen LogP contribution in [0.4, 0.5) is 17.1 Å². The van der Waals surface area contributed by atoms with Crippen LogP contribution < -0.4 is 9.80 Å². The number of hydrogen-bond acceptors (Lipinski definition) is 6. The molecular weight excluding hydrogens is 470 g/mol. The molecule has 0 saturated carbocycles. The summed E-state index contributed by atoms with van der Waals surface area (Å²) in [4.78, 5) is 41.0. The number of rotatable bonds is 8. The molecule has 1 atom stereocenters. The van der Waals surface area contributed by atoms with Crippen LogP contribution in [0.2, 0.25) is 0 Å². The van der Waals surface area contributed by atoms with Gasteiger partial charge in [0.2, 0.25) is 0 Å². The number of carbonyl (C=O) groups is 2. The molecule has 4 rings (SSSR count). The fraction of sp³-hybridized carbons (Fsp3) is 0.241. The number of benzene rings is 3. The zero-order valence-electron chi connectivity index (χ0n) is 21.0. The molecule has 3 aromatic rings. The van der Waals surface area contributed by atoms with E-state index in [0.29, 0.717) is 11.3 Å². The zero-order chi connectivity index (χ0) is 26.7. The molecule has 1 saturated heterocycles. The number of amides is 1. The van der Waals surface area contributed by atoms with Crippen molar-refractivity contribution in [1.29, 1.82) is 0 Å². The second-order valence-electron chi connectivity index (χ2n) is 8.76. The van der Waals surface area contributed by atoms with Crippen LogP contribution in [-0.2, 0) is 16.0 Å². The summed E-state index contributed by atoms with van der Waals surface area (Å²) >= 11 is 0. The first kappa shape index (κ1) is 25.6. The SMILES string of the molecule is CCc1ccc(N2C(=O)C(=O)/C(=C(\O)c3cccc([N+](=O)[O-])c3)C2c2ccc(N(CC)CC)cc2)cc1. The molecule has 8 heteroatoms. The molecule has 1 aliphatic heterocycles. The third kappa shape index (κ3) is 4.82. The van der Waals surface area contributed by atoms with Crippen molar-refractivity contribution in [3.8, 4) is 0 Å². The number of anilines is 2. The molecule has 1 N–H and O–H groups in total. The minimum atomic E-state index is -0.905. The molecule has 0 aromatic heterocycles. The number of nitrogens with zero attached hydrogens (tertiary/aromatic N) is 3. The first-order valence-corrected chi connectivity index (χ1v) is 12.3. The van der Waals surface area contributed by atoms with Gasteiger partial charge in [-0.2, -0.15) is 0 Å². The standard InChI is InChI=1S/C29H29N3O5/c1-4-19-10-14-23(15-11-19)31-26(20-12-16-22(17-13-20)30(5-2)6-3)25(28(34)29(31)35)27(33)21-8-7-9-24(18-21)32(36)37/h7-18,26,33H,4-6H2,1-3H3/b27-25-. The van der Waals surface area contributed by atoms with Gasteiger partial charge in [0, 0.05) is 42.2 Å². The van der Waals surface area contributed by atoms with Crippen molar-refractivity contribution < 1.29 is 19.6 Å². The number of nitro benzene ring substituents is 1. The van der Waals surface area contributed by atoms with E-state index in [4.69, 9.17) is 0 Å². The monoisotopic (exact) mass is 499 g/mol. The van der Waals surface area contributed by atoms with Crippen molar-refractivity contribution in [3.63, 3.8) is 0 Å². The second-order valence-corrected chi connectivity index (χ2v) is 8.76. The Morgan fingerprint density at radius 2 is 1.62 bits per heavy atom. The molecule has 37 heavy (non-hydrogen) atoms. The van der Waals surface area contributed by atoms with E-state index in [1.54, 1.807) is 12.1 Å². The molecule has 1 unspecified atom stereocenters. The van der Waals surface area contributed by atoms with E-state index in [0.717, 1.165) is 30.8 Å². The number of hydrogen-bond donors (Lipinski definition) is 1. The van der Waals surface area contributed by atoms with E-state index in [1.165, 1.54) is 29.2 Å². The van der Waals surface area contributed by atoms with Crippen LogP contribution in [0.15, 0.2) is 78.4 Å². The Morgan fingerprint density at radius 1 is 0.973 bits per heavy atom. The average molecular weight is 500 g/mol. The highest BCUT2D eigenvalue weighted by atomic mass is 16.6. The van der Waals surface area contributed by atoms with Crippen molar-refractivity contribution in [2.45, 2.75) is 33.2 Å². The van der Waals surface area contributed by atoms with Gasteiger partial charge >= 0.3 is 0 Å². The Bertz CT molecular complexity index is 1360. The first-order chi connectivity index (χ1) is 17.8. The largest absolute Gasteiger partial charge is 0.507 e. The molecule has 190 valence electrons. The Morgan fingerprint density at radius 3 is 2.19 bits per heavy atom. The highest BCUT2D eigenvalue weighted by molar-refractivity contribution is 6.51. The topological polar surface area (TPSA) is 104 Å². The number of Topliss-reactive ketones (excluding diaryl/α,β-unsaturated/α-hetero) is 1. The smallest absolute Gasteiger partial charge is 0.300 e. The van der Waals surface area contributed by atoms with Crippen molar-refractivity contribution in [1.82, 2.24) is 0 Å². The summed E-state index contributed by atoms with van der Waals surface area (Å²) in [5.41, 5.74) is 3.00. The maximum Gasteiger partial charge on any atom is 0.300 e. The van der Waals surface area contributed by atoms with Gasteiger partial charge in [0.05, 0.1) is 16.5 Å². The van der Waals surface area contributed by atoms with Gasteiger partial charge in [-0.3, -0.25) is 24.6 Å². The first-order valence-electron chi connectivity index (χ1n) is 12.3. The van der Waals surface area contributed by atoms with Crippen LogP contribution in [-0.4, -0.2) is 34.8 Å². The number of nitro groups is 1. The minimum Gasteiger partial charge on any atom is -0.507 e. The van der Waals surface area contributed by atoms with E-state index in [2.05, 4.69) is 18.7 Å². The maximum atomic E-state index is 13.3. The van der Waals surface area contributed by atoms with E-state index in [-0.39, 0.29) is 16.8 Å². The molecule has 1 fully saturated rings. The van der Waals surface area contributed by atoms with Gasteiger partial charge in [-0.15, -0.1) is 0 Å². The van der Waals surface area contributed by atoms with E-state index >= 15 is 0 Å². The van der Waals surface area contributed by atoms with Crippen molar-refractivity contribution >= 4 is 34.5 Å². The maximum absolute atomic E-state index is 13.3. The normalized spacial score (nSPS) is 16.7. The average Bonchev–Trinajstić information content (AvgIpc) is 3.19. The fourth-order valence-electron chi connectivity index (χ4n) is 4.68.